The summed E-state index contributed by atoms with van der Waals surface area (Å²) in [4.78, 5) is 0. The summed E-state index contributed by atoms with van der Waals surface area (Å²) < 4.78 is 12.9. The van der Waals surface area contributed by atoms with Crippen LogP contribution in [0.5, 0.6) is 0 Å². The minimum Gasteiger partial charge on any atom is -0.384 e. The molecular formula is C12H14FN3. The molecule has 0 saturated carbocycles. The molecule has 0 radical (unpaired) electrons. The van der Waals surface area contributed by atoms with Crippen molar-refractivity contribution in [3.63, 3.8) is 0 Å². The second-order valence-electron chi connectivity index (χ2n) is 4.04. The van der Waals surface area contributed by atoms with Gasteiger partial charge in [-0.3, -0.25) is 0 Å². The summed E-state index contributed by atoms with van der Waals surface area (Å²) in [5.74, 6) is 0.223. The van der Waals surface area contributed by atoms with Crippen LogP contribution in [0, 0.1) is 23.1 Å². The highest BCUT2D eigenvalue weighted by molar-refractivity contribution is 5.57. The molecule has 1 unspecified atom stereocenters. The lowest BCUT2D eigenvalue weighted by atomic mass is 10.1. The number of hydrogen-bond donors (Lipinski definition) is 2. The van der Waals surface area contributed by atoms with Crippen LogP contribution in [0.3, 0.4) is 0 Å². The normalized spacial score (nSPS) is 19.4. The van der Waals surface area contributed by atoms with E-state index in [9.17, 15) is 4.39 Å². The Labute approximate surface area is 94.3 Å². The largest absolute Gasteiger partial charge is 0.384 e. The summed E-state index contributed by atoms with van der Waals surface area (Å²) in [5.41, 5.74) is 1.08. The summed E-state index contributed by atoms with van der Waals surface area (Å²) in [7, 11) is 0. The van der Waals surface area contributed by atoms with Crippen LogP contribution in [-0.2, 0) is 0 Å². The van der Waals surface area contributed by atoms with Gasteiger partial charge in [0.05, 0.1) is 11.3 Å². The Morgan fingerprint density at radius 3 is 3.12 bits per heavy atom. The van der Waals surface area contributed by atoms with E-state index in [0.29, 0.717) is 11.5 Å². The van der Waals surface area contributed by atoms with Gasteiger partial charge in [-0.25, -0.2) is 4.39 Å². The van der Waals surface area contributed by atoms with Crippen molar-refractivity contribution in [2.75, 3.05) is 25.0 Å². The highest BCUT2D eigenvalue weighted by atomic mass is 19.1. The Hall–Kier alpha value is -1.60. The Balaban J connectivity index is 2.00. The summed E-state index contributed by atoms with van der Waals surface area (Å²) in [6, 6.07) is 6.25. The van der Waals surface area contributed by atoms with E-state index in [1.165, 1.54) is 12.1 Å². The number of benzene rings is 1. The standard InChI is InChI=1S/C12H14FN3/c13-11-1-2-12(10(5-11)6-14)16-8-9-3-4-15-7-9/h1-2,5,9,15-16H,3-4,7-8H2. The lowest BCUT2D eigenvalue weighted by molar-refractivity contribution is 0.614. The molecule has 16 heavy (non-hydrogen) atoms. The van der Waals surface area contributed by atoms with Crippen LogP contribution < -0.4 is 10.6 Å². The third-order valence-electron chi connectivity index (χ3n) is 2.85. The van der Waals surface area contributed by atoms with Crippen LogP contribution in [-0.4, -0.2) is 19.6 Å². The maximum Gasteiger partial charge on any atom is 0.124 e. The molecule has 0 bridgehead atoms. The van der Waals surface area contributed by atoms with Gasteiger partial charge in [0.25, 0.3) is 0 Å². The SMILES string of the molecule is N#Cc1cc(F)ccc1NCC1CCNC1. The lowest BCUT2D eigenvalue weighted by Crippen LogP contribution is -2.17. The highest BCUT2D eigenvalue weighted by Gasteiger charge is 2.14. The van der Waals surface area contributed by atoms with Gasteiger partial charge in [-0.15, -0.1) is 0 Å². The number of halogens is 1. The number of nitrogens with one attached hydrogen (secondary N) is 2. The van der Waals surface area contributed by atoms with Crippen LogP contribution in [0.1, 0.15) is 12.0 Å². The smallest absolute Gasteiger partial charge is 0.124 e. The maximum atomic E-state index is 12.9. The Kier molecular flexibility index (Phi) is 3.37. The van der Waals surface area contributed by atoms with Crippen LogP contribution in [0.2, 0.25) is 0 Å². The second-order valence-corrected chi connectivity index (χ2v) is 4.04. The number of hydrogen-bond acceptors (Lipinski definition) is 3. The molecule has 1 aromatic carbocycles. The molecule has 2 rings (SSSR count). The van der Waals surface area contributed by atoms with Gasteiger partial charge < -0.3 is 10.6 Å². The summed E-state index contributed by atoms with van der Waals surface area (Å²) >= 11 is 0. The second kappa shape index (κ2) is 4.95. The van der Waals surface area contributed by atoms with Gasteiger partial charge in [0.15, 0.2) is 0 Å². The van der Waals surface area contributed by atoms with Crippen LogP contribution in [0.4, 0.5) is 10.1 Å². The van der Waals surface area contributed by atoms with Gasteiger partial charge in [-0.2, -0.15) is 5.26 Å². The monoisotopic (exact) mass is 219 g/mol. The molecule has 3 nitrogen and oxygen atoms in total. The zero-order valence-electron chi connectivity index (χ0n) is 8.96. The van der Waals surface area contributed by atoms with Crippen molar-refractivity contribution in [3.05, 3.63) is 29.6 Å². The molecule has 1 saturated heterocycles. The quantitative estimate of drug-likeness (QED) is 0.813. The first-order chi connectivity index (χ1) is 7.79. The van der Waals surface area contributed by atoms with E-state index < -0.39 is 0 Å². The molecule has 0 aliphatic carbocycles. The van der Waals surface area contributed by atoms with E-state index in [2.05, 4.69) is 10.6 Å². The fraction of sp³-hybridized carbons (Fsp3) is 0.417. The Morgan fingerprint density at radius 1 is 1.56 bits per heavy atom. The Bertz CT molecular complexity index is 405. The average molecular weight is 219 g/mol. The van der Waals surface area contributed by atoms with Gasteiger partial charge in [0, 0.05) is 6.54 Å². The van der Waals surface area contributed by atoms with E-state index >= 15 is 0 Å². The zero-order valence-corrected chi connectivity index (χ0v) is 8.96. The lowest BCUT2D eigenvalue weighted by Gasteiger charge is -2.12. The molecule has 1 fully saturated rings. The van der Waals surface area contributed by atoms with Gasteiger partial charge in [-0.1, -0.05) is 0 Å². The predicted octanol–water partition coefficient (Wildman–Crippen LogP) is 1.72. The third kappa shape index (κ3) is 2.50. The van der Waals surface area contributed by atoms with Crippen LogP contribution in [0.15, 0.2) is 18.2 Å². The summed E-state index contributed by atoms with van der Waals surface area (Å²) in [6.45, 7) is 2.89. The van der Waals surface area contributed by atoms with Gasteiger partial charge in [-0.05, 0) is 43.6 Å². The fourth-order valence-corrected chi connectivity index (χ4v) is 1.91. The maximum absolute atomic E-state index is 12.9. The van der Waals surface area contributed by atoms with Crippen molar-refractivity contribution in [2.24, 2.45) is 5.92 Å². The van der Waals surface area contributed by atoms with E-state index in [-0.39, 0.29) is 5.82 Å². The summed E-state index contributed by atoms with van der Waals surface area (Å²) in [6.07, 6.45) is 1.15. The average Bonchev–Trinajstić information content (AvgIpc) is 2.80. The molecule has 1 aliphatic rings. The molecule has 0 amide bonds. The number of anilines is 1. The molecular weight excluding hydrogens is 205 g/mol. The van der Waals surface area contributed by atoms with Crippen LogP contribution >= 0.6 is 0 Å². The predicted molar refractivity (Wildman–Crippen MR) is 60.6 cm³/mol. The fourth-order valence-electron chi connectivity index (χ4n) is 1.91. The van der Waals surface area contributed by atoms with Crippen molar-refractivity contribution in [1.29, 1.82) is 5.26 Å². The first-order valence-electron chi connectivity index (χ1n) is 5.44. The Morgan fingerprint density at radius 2 is 2.44 bits per heavy atom. The number of nitrogens with zero attached hydrogens (tertiary/aromatic N) is 1. The molecule has 84 valence electrons. The molecule has 0 spiro atoms. The molecule has 1 atom stereocenters. The molecule has 4 heteroatoms. The third-order valence-corrected chi connectivity index (χ3v) is 2.85. The van der Waals surface area contributed by atoms with E-state index in [0.717, 1.165) is 31.7 Å². The van der Waals surface area contributed by atoms with Gasteiger partial charge in [0.1, 0.15) is 11.9 Å². The van der Waals surface area contributed by atoms with Gasteiger partial charge >= 0.3 is 0 Å². The van der Waals surface area contributed by atoms with Crippen molar-refractivity contribution in [3.8, 4) is 6.07 Å². The minimum atomic E-state index is -0.371. The van der Waals surface area contributed by atoms with Crippen molar-refractivity contribution in [2.45, 2.75) is 6.42 Å². The molecule has 1 aromatic rings. The van der Waals surface area contributed by atoms with E-state index in [1.54, 1.807) is 6.07 Å². The summed E-state index contributed by atoms with van der Waals surface area (Å²) in [5, 5.41) is 15.4. The zero-order chi connectivity index (χ0) is 11.4. The molecule has 1 aliphatic heterocycles. The van der Waals surface area contributed by atoms with Crippen molar-refractivity contribution < 1.29 is 4.39 Å². The molecule has 0 aromatic heterocycles. The van der Waals surface area contributed by atoms with Crippen LogP contribution in [0.25, 0.3) is 0 Å². The van der Waals surface area contributed by atoms with Gasteiger partial charge in [0.2, 0.25) is 0 Å². The van der Waals surface area contributed by atoms with E-state index in [4.69, 9.17) is 5.26 Å². The highest BCUT2D eigenvalue weighted by Crippen LogP contribution is 2.17. The minimum absolute atomic E-state index is 0.367. The first kappa shape index (κ1) is 10.9. The van der Waals surface area contributed by atoms with E-state index in [1.807, 2.05) is 6.07 Å². The topological polar surface area (TPSA) is 47.9 Å². The molecule has 1 heterocycles. The van der Waals surface area contributed by atoms with Crippen molar-refractivity contribution >= 4 is 5.69 Å². The molecule has 2 N–H and O–H groups in total. The number of nitriles is 1. The number of rotatable bonds is 3. The van der Waals surface area contributed by atoms with Crippen molar-refractivity contribution in [1.82, 2.24) is 5.32 Å². The first-order valence-corrected chi connectivity index (χ1v) is 5.44.